The van der Waals surface area contributed by atoms with Crippen LogP contribution >= 0.6 is 0 Å². The molecule has 0 aromatic rings. The Labute approximate surface area is 70.7 Å². The molecule has 0 aromatic carbocycles. The molecule has 2 fully saturated rings. The summed E-state index contributed by atoms with van der Waals surface area (Å²) in [6, 6.07) is 0. The molecule has 2 saturated heterocycles. The highest BCUT2D eigenvalue weighted by atomic mass is 19.3. The first kappa shape index (κ1) is 8.38. The van der Waals surface area contributed by atoms with Crippen LogP contribution in [0.2, 0.25) is 0 Å². The summed E-state index contributed by atoms with van der Waals surface area (Å²) in [5.74, 6) is -2.50. The van der Waals surface area contributed by atoms with Crippen molar-refractivity contribution in [2.75, 3.05) is 26.2 Å². The predicted molar refractivity (Wildman–Crippen MR) is 42.4 cm³/mol. The van der Waals surface area contributed by atoms with Crippen molar-refractivity contribution in [2.24, 2.45) is 5.41 Å². The van der Waals surface area contributed by atoms with Gasteiger partial charge in [-0.05, 0) is 13.0 Å². The van der Waals surface area contributed by atoms with Gasteiger partial charge in [0, 0.05) is 24.9 Å². The number of hydrogen-bond acceptors (Lipinski definition) is 2. The molecule has 70 valence electrons. The fraction of sp³-hybridized carbons (Fsp3) is 1.00. The Bertz CT molecular complexity index is 176. The number of halogens is 2. The van der Waals surface area contributed by atoms with Gasteiger partial charge in [0.05, 0.1) is 6.54 Å². The molecule has 0 bridgehead atoms. The highest BCUT2D eigenvalue weighted by Crippen LogP contribution is 2.39. The van der Waals surface area contributed by atoms with Crippen molar-refractivity contribution in [1.82, 2.24) is 10.6 Å². The molecule has 0 aliphatic carbocycles. The van der Waals surface area contributed by atoms with E-state index in [9.17, 15) is 8.78 Å². The zero-order valence-electron chi connectivity index (χ0n) is 7.00. The summed E-state index contributed by atoms with van der Waals surface area (Å²) in [6.45, 7) is 2.23. The second-order valence-electron chi connectivity index (χ2n) is 4.06. The van der Waals surface area contributed by atoms with Crippen LogP contribution in [0.3, 0.4) is 0 Å². The van der Waals surface area contributed by atoms with Crippen LogP contribution in [-0.4, -0.2) is 32.1 Å². The fourth-order valence-electron chi connectivity index (χ4n) is 2.28. The predicted octanol–water partition coefficient (Wildman–Crippen LogP) is 0.595. The quantitative estimate of drug-likeness (QED) is 0.564. The van der Waals surface area contributed by atoms with Crippen LogP contribution < -0.4 is 10.6 Å². The van der Waals surface area contributed by atoms with Crippen molar-refractivity contribution in [1.29, 1.82) is 0 Å². The first-order chi connectivity index (χ1) is 5.62. The van der Waals surface area contributed by atoms with E-state index in [0.717, 1.165) is 26.1 Å². The van der Waals surface area contributed by atoms with Gasteiger partial charge in [-0.25, -0.2) is 8.78 Å². The van der Waals surface area contributed by atoms with Gasteiger partial charge in [-0.1, -0.05) is 0 Å². The molecule has 0 aromatic heterocycles. The smallest absolute Gasteiger partial charge is 0.260 e. The van der Waals surface area contributed by atoms with Crippen LogP contribution in [0, 0.1) is 5.41 Å². The van der Waals surface area contributed by atoms with Gasteiger partial charge >= 0.3 is 0 Å². The van der Waals surface area contributed by atoms with Crippen LogP contribution in [-0.2, 0) is 0 Å². The van der Waals surface area contributed by atoms with Crippen molar-refractivity contribution in [3.8, 4) is 0 Å². The minimum absolute atomic E-state index is 0.0556. The molecule has 2 aliphatic heterocycles. The van der Waals surface area contributed by atoms with Gasteiger partial charge in [0.1, 0.15) is 0 Å². The van der Waals surface area contributed by atoms with Crippen LogP contribution in [0.15, 0.2) is 0 Å². The van der Waals surface area contributed by atoms with E-state index in [2.05, 4.69) is 10.6 Å². The molecule has 12 heavy (non-hydrogen) atoms. The van der Waals surface area contributed by atoms with Crippen molar-refractivity contribution < 1.29 is 8.78 Å². The van der Waals surface area contributed by atoms with E-state index < -0.39 is 5.92 Å². The molecule has 1 unspecified atom stereocenters. The number of alkyl halides is 2. The molecule has 4 heteroatoms. The van der Waals surface area contributed by atoms with Gasteiger partial charge in [0.25, 0.3) is 5.92 Å². The number of rotatable bonds is 0. The van der Waals surface area contributed by atoms with Crippen molar-refractivity contribution in [3.05, 3.63) is 0 Å². The SMILES string of the molecule is FC1(F)CNCC2(CCNC2)C1. The first-order valence-corrected chi connectivity index (χ1v) is 4.41. The van der Waals surface area contributed by atoms with E-state index >= 15 is 0 Å². The Kier molecular flexibility index (Phi) is 1.84. The molecular weight excluding hydrogens is 162 g/mol. The van der Waals surface area contributed by atoms with E-state index in [-0.39, 0.29) is 18.4 Å². The maximum atomic E-state index is 13.0. The van der Waals surface area contributed by atoms with Crippen LogP contribution in [0.1, 0.15) is 12.8 Å². The molecule has 2 heterocycles. The summed E-state index contributed by atoms with van der Waals surface area (Å²) < 4.78 is 26.0. The Morgan fingerprint density at radius 3 is 2.33 bits per heavy atom. The lowest BCUT2D eigenvalue weighted by atomic mass is 9.78. The Hall–Kier alpha value is -0.220. The highest BCUT2D eigenvalue weighted by Gasteiger charge is 2.46. The molecule has 0 saturated carbocycles. The largest absolute Gasteiger partial charge is 0.316 e. The molecule has 2 nitrogen and oxygen atoms in total. The molecule has 1 spiro atoms. The first-order valence-electron chi connectivity index (χ1n) is 4.41. The summed E-state index contributed by atoms with van der Waals surface area (Å²) in [7, 11) is 0. The van der Waals surface area contributed by atoms with Gasteiger partial charge in [-0.15, -0.1) is 0 Å². The van der Waals surface area contributed by atoms with Gasteiger partial charge in [0.15, 0.2) is 0 Å². The highest BCUT2D eigenvalue weighted by molar-refractivity contribution is 4.97. The normalized spacial score (nSPS) is 40.5. The topological polar surface area (TPSA) is 24.1 Å². The number of piperidine rings is 1. The Balaban J connectivity index is 2.07. The lowest BCUT2D eigenvalue weighted by molar-refractivity contribution is -0.0636. The van der Waals surface area contributed by atoms with Crippen molar-refractivity contribution in [2.45, 2.75) is 18.8 Å². The zero-order valence-corrected chi connectivity index (χ0v) is 7.00. The van der Waals surface area contributed by atoms with Gasteiger partial charge < -0.3 is 10.6 Å². The van der Waals surface area contributed by atoms with Crippen LogP contribution in [0.5, 0.6) is 0 Å². The molecule has 2 rings (SSSR count). The second kappa shape index (κ2) is 2.64. The Morgan fingerprint density at radius 1 is 1.00 bits per heavy atom. The molecular formula is C8H14F2N2. The van der Waals surface area contributed by atoms with E-state index in [1.807, 2.05) is 0 Å². The minimum atomic E-state index is -2.50. The average Bonchev–Trinajstić information content (AvgIpc) is 2.34. The van der Waals surface area contributed by atoms with Gasteiger partial charge in [-0.2, -0.15) is 0 Å². The summed E-state index contributed by atoms with van der Waals surface area (Å²) in [5.41, 5.74) is -0.165. The lowest BCUT2D eigenvalue weighted by Gasteiger charge is -2.37. The zero-order chi connectivity index (χ0) is 8.66. The Morgan fingerprint density at radius 2 is 1.75 bits per heavy atom. The second-order valence-corrected chi connectivity index (χ2v) is 4.06. The van der Waals surface area contributed by atoms with Gasteiger partial charge in [-0.3, -0.25) is 0 Å². The van der Waals surface area contributed by atoms with Crippen LogP contribution in [0.4, 0.5) is 8.78 Å². The molecule has 2 N–H and O–H groups in total. The standard InChI is InChI=1S/C8H14F2N2/c9-8(10)3-7(5-12-6-8)1-2-11-4-7/h11-12H,1-6H2. The lowest BCUT2D eigenvalue weighted by Crippen LogP contribution is -2.51. The van der Waals surface area contributed by atoms with E-state index in [0.29, 0.717) is 0 Å². The third-order valence-electron chi connectivity index (χ3n) is 2.85. The summed E-state index contributed by atoms with van der Waals surface area (Å²) >= 11 is 0. The molecule has 1 atom stereocenters. The average molecular weight is 176 g/mol. The maximum absolute atomic E-state index is 13.0. The number of hydrogen-bond donors (Lipinski definition) is 2. The van der Waals surface area contributed by atoms with E-state index in [1.165, 1.54) is 0 Å². The van der Waals surface area contributed by atoms with Gasteiger partial charge in [0.2, 0.25) is 0 Å². The number of nitrogens with one attached hydrogen (secondary N) is 2. The fourth-order valence-corrected chi connectivity index (χ4v) is 2.28. The minimum Gasteiger partial charge on any atom is -0.316 e. The third kappa shape index (κ3) is 1.45. The van der Waals surface area contributed by atoms with E-state index in [4.69, 9.17) is 0 Å². The van der Waals surface area contributed by atoms with Crippen molar-refractivity contribution >= 4 is 0 Å². The molecule has 0 radical (unpaired) electrons. The monoisotopic (exact) mass is 176 g/mol. The summed E-state index contributed by atoms with van der Waals surface area (Å²) in [5, 5.41) is 5.96. The van der Waals surface area contributed by atoms with Crippen molar-refractivity contribution in [3.63, 3.8) is 0 Å². The third-order valence-corrected chi connectivity index (χ3v) is 2.85. The van der Waals surface area contributed by atoms with E-state index in [1.54, 1.807) is 0 Å². The maximum Gasteiger partial charge on any atom is 0.260 e. The molecule has 0 amide bonds. The van der Waals surface area contributed by atoms with Crippen LogP contribution in [0.25, 0.3) is 0 Å². The summed E-state index contributed by atoms with van der Waals surface area (Å²) in [6.07, 6.45) is 0.940. The molecule has 2 aliphatic rings. The summed E-state index contributed by atoms with van der Waals surface area (Å²) in [4.78, 5) is 0.